The third-order valence-corrected chi connectivity index (χ3v) is 11.5. The minimum atomic E-state index is -1.27. The molecule has 0 radical (unpaired) electrons. The molecule has 2 fully saturated rings. The Labute approximate surface area is 339 Å². The second kappa shape index (κ2) is 18.3. The first-order valence-electron chi connectivity index (χ1n) is 19.9. The van der Waals surface area contributed by atoms with Crippen molar-refractivity contribution in [2.24, 2.45) is 11.8 Å². The van der Waals surface area contributed by atoms with Gasteiger partial charge in [0, 0.05) is 11.8 Å². The molecule has 2 heterocycles. The summed E-state index contributed by atoms with van der Waals surface area (Å²) in [6, 6.07) is 18.9. The molecule has 0 unspecified atom stereocenters. The molecule has 8 atom stereocenters. The highest BCUT2D eigenvalue weighted by molar-refractivity contribution is 5.72. The molecule has 4 aromatic carbocycles. The molecule has 4 aromatic rings. The fourth-order valence-electron chi connectivity index (χ4n) is 7.34. The van der Waals surface area contributed by atoms with Crippen molar-refractivity contribution in [2.75, 3.05) is 0 Å². The molecule has 0 amide bonds. The fraction of sp³-hybridized carbons (Fsp3) is 0.478. The largest absolute Gasteiger partial charge is 0.504 e. The molecule has 6 rings (SSSR count). The SMILES string of the molecule is CCCc1cc(O)c(O[C@@H]2OC(C)(C)[C@H](C)[C@@H](O)[C@H]2O)cc1-c1cccc(F)c1.CCCc1cc(O[C@@H]2OC(C)(C)[C@H](C)[C@@H](O)[C@H]2O)c(O)cc1-c1cccc(F)c1. The van der Waals surface area contributed by atoms with Crippen molar-refractivity contribution in [3.05, 3.63) is 95.6 Å². The lowest BCUT2D eigenvalue weighted by molar-refractivity contribution is -0.285. The molecular weight excluding hydrogens is 750 g/mol. The van der Waals surface area contributed by atoms with Gasteiger partial charge in [0.15, 0.2) is 23.0 Å². The number of hydrogen-bond donors (Lipinski definition) is 6. The van der Waals surface area contributed by atoms with Crippen LogP contribution in [0.25, 0.3) is 22.3 Å². The Hall–Kier alpha value is -4.30. The van der Waals surface area contributed by atoms with Gasteiger partial charge in [-0.05, 0) is 122 Å². The topological polar surface area (TPSA) is 158 Å². The molecule has 0 spiro atoms. The van der Waals surface area contributed by atoms with Gasteiger partial charge in [-0.1, -0.05) is 64.8 Å². The highest BCUT2D eigenvalue weighted by Crippen LogP contribution is 2.42. The Balaban J connectivity index is 0.000000221. The Kier molecular flexibility index (Phi) is 14.1. The summed E-state index contributed by atoms with van der Waals surface area (Å²) >= 11 is 0. The zero-order valence-electron chi connectivity index (χ0n) is 34.4. The van der Waals surface area contributed by atoms with Gasteiger partial charge in [-0.25, -0.2) is 8.78 Å². The van der Waals surface area contributed by atoms with E-state index in [1.165, 1.54) is 30.3 Å². The maximum atomic E-state index is 13.8. The van der Waals surface area contributed by atoms with Gasteiger partial charge in [0.2, 0.25) is 12.6 Å². The maximum Gasteiger partial charge on any atom is 0.229 e. The molecule has 6 N–H and O–H groups in total. The van der Waals surface area contributed by atoms with Crippen molar-refractivity contribution in [3.63, 3.8) is 0 Å². The van der Waals surface area contributed by atoms with Crippen LogP contribution in [0.3, 0.4) is 0 Å². The predicted molar refractivity (Wildman–Crippen MR) is 217 cm³/mol. The number of aryl methyl sites for hydroxylation is 2. The van der Waals surface area contributed by atoms with Gasteiger partial charge < -0.3 is 49.6 Å². The number of halogens is 2. The van der Waals surface area contributed by atoms with Gasteiger partial charge in [-0.15, -0.1) is 0 Å². The van der Waals surface area contributed by atoms with Crippen molar-refractivity contribution in [2.45, 2.75) is 129 Å². The van der Waals surface area contributed by atoms with Crippen molar-refractivity contribution < 1.29 is 58.4 Å². The fourth-order valence-corrected chi connectivity index (χ4v) is 7.34. The highest BCUT2D eigenvalue weighted by Gasteiger charge is 2.49. The Bertz CT molecular complexity index is 2020. The van der Waals surface area contributed by atoms with Crippen LogP contribution in [-0.2, 0) is 22.3 Å². The van der Waals surface area contributed by atoms with Crippen LogP contribution in [0.2, 0.25) is 0 Å². The van der Waals surface area contributed by atoms with Gasteiger partial charge in [0.1, 0.15) is 23.8 Å². The second-order valence-electron chi connectivity index (χ2n) is 16.4. The van der Waals surface area contributed by atoms with E-state index in [0.29, 0.717) is 24.0 Å². The number of aliphatic hydroxyl groups is 4. The Morgan fingerprint density at radius 1 is 0.569 bits per heavy atom. The van der Waals surface area contributed by atoms with Gasteiger partial charge >= 0.3 is 0 Å². The van der Waals surface area contributed by atoms with Crippen molar-refractivity contribution in [1.29, 1.82) is 0 Å². The van der Waals surface area contributed by atoms with Crippen LogP contribution in [0.5, 0.6) is 23.0 Å². The lowest BCUT2D eigenvalue weighted by atomic mass is 9.82. The summed E-state index contributed by atoms with van der Waals surface area (Å²) in [6.07, 6.45) is -3.77. The molecule has 58 heavy (non-hydrogen) atoms. The smallest absolute Gasteiger partial charge is 0.229 e. The number of phenols is 2. The molecule has 316 valence electrons. The normalized spacial score (nSPS) is 26.3. The summed E-state index contributed by atoms with van der Waals surface area (Å²) < 4.78 is 50.8. The summed E-state index contributed by atoms with van der Waals surface area (Å²) in [7, 11) is 0. The minimum Gasteiger partial charge on any atom is -0.504 e. The van der Waals surface area contributed by atoms with Crippen LogP contribution in [-0.4, -0.2) is 78.8 Å². The summed E-state index contributed by atoms with van der Waals surface area (Å²) in [5.41, 5.74) is 3.07. The van der Waals surface area contributed by atoms with E-state index >= 15 is 0 Å². The van der Waals surface area contributed by atoms with Crippen LogP contribution in [0, 0.1) is 23.5 Å². The molecule has 0 aliphatic carbocycles. The van der Waals surface area contributed by atoms with E-state index in [9.17, 15) is 39.4 Å². The highest BCUT2D eigenvalue weighted by atomic mass is 19.1. The summed E-state index contributed by atoms with van der Waals surface area (Å²) in [5, 5.41) is 62.6. The maximum absolute atomic E-state index is 13.8. The number of rotatable bonds is 10. The van der Waals surface area contributed by atoms with E-state index in [4.69, 9.17) is 18.9 Å². The molecule has 2 saturated heterocycles. The molecule has 2 aliphatic heterocycles. The first-order valence-corrected chi connectivity index (χ1v) is 19.9. The van der Waals surface area contributed by atoms with E-state index in [0.717, 1.165) is 35.1 Å². The average Bonchev–Trinajstić information content (AvgIpc) is 3.17. The van der Waals surface area contributed by atoms with Crippen LogP contribution >= 0.6 is 0 Å². The van der Waals surface area contributed by atoms with Crippen LogP contribution in [0.4, 0.5) is 8.78 Å². The van der Waals surface area contributed by atoms with Gasteiger partial charge in [-0.3, -0.25) is 0 Å². The first-order chi connectivity index (χ1) is 27.3. The monoisotopic (exact) mass is 808 g/mol. The van der Waals surface area contributed by atoms with Crippen LogP contribution < -0.4 is 9.47 Å². The average molecular weight is 809 g/mol. The number of benzene rings is 4. The molecule has 2 aliphatic rings. The summed E-state index contributed by atoms with van der Waals surface area (Å²) in [4.78, 5) is 0. The third kappa shape index (κ3) is 9.93. The third-order valence-electron chi connectivity index (χ3n) is 11.5. The second-order valence-corrected chi connectivity index (χ2v) is 16.4. The number of phenolic OH excluding ortho intramolecular Hbond substituents is 2. The minimum absolute atomic E-state index is 0.102. The predicted octanol–water partition coefficient (Wildman–Crippen LogP) is 8.04. The van der Waals surface area contributed by atoms with Crippen molar-refractivity contribution in [3.8, 4) is 45.3 Å². The molecule has 0 aromatic heterocycles. The van der Waals surface area contributed by atoms with Crippen LogP contribution in [0.1, 0.15) is 79.4 Å². The van der Waals surface area contributed by atoms with E-state index in [1.54, 1.807) is 56.3 Å². The summed E-state index contributed by atoms with van der Waals surface area (Å²) in [6.45, 7) is 14.9. The number of hydrogen-bond acceptors (Lipinski definition) is 10. The number of aromatic hydroxyl groups is 2. The van der Waals surface area contributed by atoms with Gasteiger partial charge in [0.05, 0.1) is 23.4 Å². The van der Waals surface area contributed by atoms with Crippen molar-refractivity contribution >= 4 is 0 Å². The van der Waals surface area contributed by atoms with Crippen LogP contribution in [0.15, 0.2) is 72.8 Å². The standard InChI is InChI=1S/2C23H29FO5/c1-5-7-14-11-19(18(25)12-17(14)15-8-6-9-16(24)10-15)28-22-21(27)20(26)13(2)23(3,4)29-22;1-5-7-14-11-18(25)19(12-17(14)15-8-6-9-16(24)10-15)28-22-21(27)20(26)13(2)23(3,4)29-22/h2*6,8-13,20-22,25-27H,5,7H2,1-4H3/t2*13-,20-,21-,22-/m11/s1. The molecule has 12 heteroatoms. The zero-order valence-corrected chi connectivity index (χ0v) is 34.4. The van der Waals surface area contributed by atoms with E-state index in [-0.39, 0.29) is 46.5 Å². The van der Waals surface area contributed by atoms with Crippen molar-refractivity contribution in [1.82, 2.24) is 0 Å². The molecule has 0 bridgehead atoms. The van der Waals surface area contributed by atoms with Gasteiger partial charge in [-0.2, -0.15) is 0 Å². The Morgan fingerprint density at radius 3 is 1.40 bits per heavy atom. The van der Waals surface area contributed by atoms with E-state index in [1.807, 2.05) is 41.5 Å². The molecule has 10 nitrogen and oxygen atoms in total. The van der Waals surface area contributed by atoms with Gasteiger partial charge in [0.25, 0.3) is 0 Å². The molecular formula is C46H58F2O10. The number of aliphatic hydroxyl groups excluding tert-OH is 4. The first kappa shape index (κ1) is 44.8. The summed E-state index contributed by atoms with van der Waals surface area (Å²) in [5.74, 6) is -1.31. The van der Waals surface area contributed by atoms with E-state index < -0.39 is 48.2 Å². The number of ether oxygens (including phenoxy) is 4. The van der Waals surface area contributed by atoms with E-state index in [2.05, 4.69) is 0 Å². The molecule has 0 saturated carbocycles. The lowest BCUT2D eigenvalue weighted by Gasteiger charge is -2.46. The zero-order chi connectivity index (χ0) is 42.7. The lowest BCUT2D eigenvalue weighted by Crippen LogP contribution is -2.59. The Morgan fingerprint density at radius 2 is 0.966 bits per heavy atom. The quantitative estimate of drug-likeness (QED) is 0.0927.